The van der Waals surface area contributed by atoms with Gasteiger partial charge in [-0.25, -0.2) is 0 Å². The molecule has 1 atom stereocenters. The Kier molecular flexibility index (Phi) is 2.83. The van der Waals surface area contributed by atoms with E-state index in [4.69, 9.17) is 21.4 Å². The molecule has 5 heteroatoms. The van der Waals surface area contributed by atoms with E-state index in [-0.39, 0.29) is 18.6 Å². The lowest BCUT2D eigenvalue weighted by Crippen LogP contribution is -2.23. The van der Waals surface area contributed by atoms with Crippen molar-refractivity contribution in [3.63, 3.8) is 0 Å². The number of carbonyl (C=O) groups excluding carboxylic acids is 1. The summed E-state index contributed by atoms with van der Waals surface area (Å²) < 4.78 is 5.31. The Morgan fingerprint density at radius 1 is 1.50 bits per heavy atom. The van der Waals surface area contributed by atoms with Crippen LogP contribution >= 0.6 is 11.6 Å². The lowest BCUT2D eigenvalue weighted by Gasteiger charge is -2.06. The normalized spacial score (nSPS) is 19.6. The number of carboxylic acids is 1. The standard InChI is InChI=1S/C11H9ClO4/c12-6-1-2-9-8(5-6)10(13)7(11(14)15)3-4-16-9/h1-2,5,7H,3-4H2,(H,14,15). The van der Waals surface area contributed by atoms with E-state index in [1.165, 1.54) is 6.07 Å². The molecule has 4 nitrogen and oxygen atoms in total. The Bertz CT molecular complexity index is 455. The average molecular weight is 241 g/mol. The summed E-state index contributed by atoms with van der Waals surface area (Å²) in [5.41, 5.74) is 0.248. The molecule has 0 saturated heterocycles. The van der Waals surface area contributed by atoms with E-state index >= 15 is 0 Å². The van der Waals surface area contributed by atoms with Crippen LogP contribution in [0, 0.1) is 5.92 Å². The molecule has 1 aromatic carbocycles. The van der Waals surface area contributed by atoms with Crippen molar-refractivity contribution in [2.45, 2.75) is 6.42 Å². The number of hydrogen-bond acceptors (Lipinski definition) is 3. The first-order valence-electron chi connectivity index (χ1n) is 4.79. The second kappa shape index (κ2) is 4.14. The molecule has 2 rings (SSSR count). The number of benzene rings is 1. The molecule has 1 unspecified atom stereocenters. The topological polar surface area (TPSA) is 63.6 Å². The molecular weight excluding hydrogens is 232 g/mol. The molecule has 1 aliphatic rings. The van der Waals surface area contributed by atoms with Gasteiger partial charge in [0.05, 0.1) is 12.2 Å². The largest absolute Gasteiger partial charge is 0.493 e. The minimum atomic E-state index is -1.12. The summed E-state index contributed by atoms with van der Waals surface area (Å²) >= 11 is 5.77. The summed E-state index contributed by atoms with van der Waals surface area (Å²) in [5, 5.41) is 9.31. The number of carbonyl (C=O) groups is 2. The minimum absolute atomic E-state index is 0.181. The number of ketones is 1. The number of ether oxygens (including phenoxy) is 1. The minimum Gasteiger partial charge on any atom is -0.493 e. The Morgan fingerprint density at radius 2 is 2.25 bits per heavy atom. The van der Waals surface area contributed by atoms with Gasteiger partial charge in [0.25, 0.3) is 0 Å². The van der Waals surface area contributed by atoms with Gasteiger partial charge in [-0.15, -0.1) is 0 Å². The van der Waals surface area contributed by atoms with Crippen LogP contribution in [0.1, 0.15) is 16.8 Å². The highest BCUT2D eigenvalue weighted by molar-refractivity contribution is 6.31. The first kappa shape index (κ1) is 11.0. The third-order valence-electron chi connectivity index (χ3n) is 2.49. The molecular formula is C11H9ClO4. The lowest BCUT2D eigenvalue weighted by molar-refractivity contribution is -0.140. The van der Waals surface area contributed by atoms with Crippen molar-refractivity contribution >= 4 is 23.4 Å². The van der Waals surface area contributed by atoms with Crippen LogP contribution in [0.4, 0.5) is 0 Å². The predicted molar refractivity (Wildman–Crippen MR) is 57.0 cm³/mol. The number of halogens is 1. The monoisotopic (exact) mass is 240 g/mol. The van der Waals surface area contributed by atoms with Crippen LogP contribution in [0.3, 0.4) is 0 Å². The Balaban J connectivity index is 2.47. The number of hydrogen-bond donors (Lipinski definition) is 1. The van der Waals surface area contributed by atoms with Gasteiger partial charge in [0.1, 0.15) is 11.7 Å². The third-order valence-corrected chi connectivity index (χ3v) is 2.72. The molecule has 0 aromatic heterocycles. The molecule has 16 heavy (non-hydrogen) atoms. The molecule has 1 aromatic rings. The van der Waals surface area contributed by atoms with Crippen molar-refractivity contribution in [2.75, 3.05) is 6.61 Å². The van der Waals surface area contributed by atoms with Crippen LogP contribution in [-0.2, 0) is 4.79 Å². The van der Waals surface area contributed by atoms with Crippen molar-refractivity contribution < 1.29 is 19.4 Å². The molecule has 0 saturated carbocycles. The molecule has 0 aliphatic carbocycles. The SMILES string of the molecule is O=C(O)C1CCOc2ccc(Cl)cc2C1=O. The van der Waals surface area contributed by atoms with E-state index in [0.717, 1.165) is 0 Å². The van der Waals surface area contributed by atoms with Gasteiger partial charge in [0, 0.05) is 11.4 Å². The van der Waals surface area contributed by atoms with E-state index in [2.05, 4.69) is 0 Å². The van der Waals surface area contributed by atoms with Crippen molar-refractivity contribution in [3.8, 4) is 5.75 Å². The quantitative estimate of drug-likeness (QED) is 0.763. The van der Waals surface area contributed by atoms with Crippen molar-refractivity contribution in [3.05, 3.63) is 28.8 Å². The van der Waals surface area contributed by atoms with Gasteiger partial charge in [0.15, 0.2) is 5.78 Å². The van der Waals surface area contributed by atoms with Crippen LogP contribution < -0.4 is 4.74 Å². The summed E-state index contributed by atoms with van der Waals surface area (Å²) in [7, 11) is 0. The fourth-order valence-electron chi connectivity index (χ4n) is 1.66. The van der Waals surface area contributed by atoms with Crippen LogP contribution in [-0.4, -0.2) is 23.5 Å². The lowest BCUT2D eigenvalue weighted by atomic mass is 9.95. The van der Waals surface area contributed by atoms with Crippen LogP contribution in [0.2, 0.25) is 5.02 Å². The zero-order valence-corrected chi connectivity index (χ0v) is 9.03. The Morgan fingerprint density at radius 3 is 2.94 bits per heavy atom. The zero-order valence-electron chi connectivity index (χ0n) is 8.27. The molecule has 84 valence electrons. The van der Waals surface area contributed by atoms with Crippen molar-refractivity contribution in [1.82, 2.24) is 0 Å². The number of fused-ring (bicyclic) bond motifs is 1. The summed E-state index contributed by atoms with van der Waals surface area (Å²) in [6, 6.07) is 4.63. The fraction of sp³-hybridized carbons (Fsp3) is 0.273. The van der Waals surface area contributed by atoms with Crippen molar-refractivity contribution in [1.29, 1.82) is 0 Å². The van der Waals surface area contributed by atoms with E-state index in [0.29, 0.717) is 10.8 Å². The number of carboxylic acid groups (broad SMARTS) is 1. The molecule has 0 fully saturated rings. The van der Waals surface area contributed by atoms with Crippen LogP contribution in [0.25, 0.3) is 0 Å². The van der Waals surface area contributed by atoms with E-state index in [1.54, 1.807) is 12.1 Å². The van der Waals surface area contributed by atoms with Gasteiger partial charge >= 0.3 is 5.97 Å². The maximum absolute atomic E-state index is 11.9. The molecule has 0 radical (unpaired) electrons. The maximum Gasteiger partial charge on any atom is 0.314 e. The first-order chi connectivity index (χ1) is 7.59. The average Bonchev–Trinajstić information content (AvgIpc) is 2.39. The van der Waals surface area contributed by atoms with Crippen molar-refractivity contribution in [2.24, 2.45) is 5.92 Å². The van der Waals surface area contributed by atoms with Gasteiger partial charge in [-0.05, 0) is 18.2 Å². The molecule has 1 aliphatic heterocycles. The second-order valence-corrected chi connectivity index (χ2v) is 3.97. The maximum atomic E-state index is 11.9. The van der Waals surface area contributed by atoms with Gasteiger partial charge in [-0.1, -0.05) is 11.6 Å². The molecule has 0 amide bonds. The first-order valence-corrected chi connectivity index (χ1v) is 5.17. The third kappa shape index (κ3) is 1.88. The molecule has 0 bridgehead atoms. The molecule has 1 N–H and O–H groups in total. The highest BCUT2D eigenvalue weighted by atomic mass is 35.5. The summed E-state index contributed by atoms with van der Waals surface area (Å²) in [6.07, 6.45) is 0.181. The molecule has 0 spiro atoms. The second-order valence-electron chi connectivity index (χ2n) is 3.53. The fourth-order valence-corrected chi connectivity index (χ4v) is 1.83. The van der Waals surface area contributed by atoms with Gasteiger partial charge in [-0.3, -0.25) is 9.59 Å². The van der Waals surface area contributed by atoms with Crippen LogP contribution in [0.5, 0.6) is 5.75 Å². The summed E-state index contributed by atoms with van der Waals surface area (Å²) in [5.74, 6) is -2.21. The predicted octanol–water partition coefficient (Wildman–Crippen LogP) is 2.01. The number of rotatable bonds is 1. The molecule has 1 heterocycles. The van der Waals surface area contributed by atoms with Gasteiger partial charge in [0.2, 0.25) is 0 Å². The summed E-state index contributed by atoms with van der Waals surface area (Å²) in [4.78, 5) is 22.8. The van der Waals surface area contributed by atoms with Crippen LogP contribution in [0.15, 0.2) is 18.2 Å². The van der Waals surface area contributed by atoms with Gasteiger partial charge in [-0.2, -0.15) is 0 Å². The highest BCUT2D eigenvalue weighted by Crippen LogP contribution is 2.29. The van der Waals surface area contributed by atoms with E-state index < -0.39 is 17.7 Å². The Labute approximate surface area is 96.8 Å². The van der Waals surface area contributed by atoms with E-state index in [9.17, 15) is 9.59 Å². The number of aliphatic carboxylic acids is 1. The summed E-state index contributed by atoms with van der Waals surface area (Å²) in [6.45, 7) is 0.220. The zero-order chi connectivity index (χ0) is 11.7. The van der Waals surface area contributed by atoms with E-state index in [1.807, 2.05) is 0 Å². The Hall–Kier alpha value is -1.55. The smallest absolute Gasteiger partial charge is 0.314 e. The van der Waals surface area contributed by atoms with Gasteiger partial charge < -0.3 is 9.84 Å². The highest BCUT2D eigenvalue weighted by Gasteiger charge is 2.31. The number of Topliss-reactive ketones (excluding diaryl/α,β-unsaturated/α-hetero) is 1.